The molecule has 2 fully saturated rings. The molecule has 1 aromatic carbocycles. The number of nitrogens with one attached hydrogen (secondary N) is 1. The van der Waals surface area contributed by atoms with E-state index in [4.69, 9.17) is 9.15 Å². The molecule has 8 nitrogen and oxygen atoms in total. The molecule has 0 atom stereocenters. The Labute approximate surface area is 183 Å². The number of benzene rings is 1. The largest absolute Gasteiger partial charge is 0.456 e. The minimum absolute atomic E-state index is 0.190. The Kier molecular flexibility index (Phi) is 6.64. The van der Waals surface area contributed by atoms with E-state index in [-0.39, 0.29) is 10.7 Å². The van der Waals surface area contributed by atoms with Gasteiger partial charge >= 0.3 is 0 Å². The molecule has 0 radical (unpaired) electrons. The van der Waals surface area contributed by atoms with E-state index in [0.29, 0.717) is 51.5 Å². The third-order valence-corrected chi connectivity index (χ3v) is 7.65. The number of morpholine rings is 1. The second kappa shape index (κ2) is 9.42. The minimum atomic E-state index is -3.62. The van der Waals surface area contributed by atoms with Crippen molar-refractivity contribution >= 4 is 27.3 Å². The van der Waals surface area contributed by atoms with Crippen LogP contribution in [0.2, 0.25) is 0 Å². The number of ether oxygens (including phenoxy) is 1. The van der Waals surface area contributed by atoms with Gasteiger partial charge in [0.05, 0.1) is 29.5 Å². The zero-order valence-electron chi connectivity index (χ0n) is 17.8. The fourth-order valence-corrected chi connectivity index (χ4v) is 5.53. The molecule has 0 aliphatic carbocycles. The van der Waals surface area contributed by atoms with Crippen molar-refractivity contribution in [3.63, 3.8) is 0 Å². The van der Waals surface area contributed by atoms with E-state index in [9.17, 15) is 13.2 Å². The van der Waals surface area contributed by atoms with Gasteiger partial charge in [-0.3, -0.25) is 4.79 Å². The van der Waals surface area contributed by atoms with Crippen LogP contribution in [0.25, 0.3) is 0 Å². The number of amides is 1. The SMILES string of the molecule is CCc1ccc(C(=O)Nc2cc(S(=O)(=O)N3CCCCC3)ccc2N2CCOCC2)o1. The third-order valence-electron chi connectivity index (χ3n) is 5.75. The molecular weight excluding hydrogens is 418 g/mol. The van der Waals surface area contributed by atoms with E-state index in [1.807, 2.05) is 6.92 Å². The number of carbonyl (C=O) groups excluding carboxylic acids is 1. The molecule has 168 valence electrons. The Bertz CT molecular complexity index is 1020. The van der Waals surface area contributed by atoms with Crippen molar-refractivity contribution in [2.75, 3.05) is 49.6 Å². The number of aryl methyl sites for hydroxylation is 1. The molecule has 3 heterocycles. The summed E-state index contributed by atoms with van der Waals surface area (Å²) >= 11 is 0. The summed E-state index contributed by atoms with van der Waals surface area (Å²) in [6, 6.07) is 8.38. The lowest BCUT2D eigenvalue weighted by atomic mass is 10.2. The number of piperidine rings is 1. The number of hydrogen-bond acceptors (Lipinski definition) is 6. The number of hydrogen-bond donors (Lipinski definition) is 1. The van der Waals surface area contributed by atoms with Crippen molar-refractivity contribution in [1.29, 1.82) is 0 Å². The minimum Gasteiger partial charge on any atom is -0.456 e. The van der Waals surface area contributed by atoms with Gasteiger partial charge in [-0.05, 0) is 43.2 Å². The van der Waals surface area contributed by atoms with Gasteiger partial charge < -0.3 is 19.4 Å². The second-order valence-electron chi connectivity index (χ2n) is 7.82. The van der Waals surface area contributed by atoms with Crippen molar-refractivity contribution in [3.8, 4) is 0 Å². The van der Waals surface area contributed by atoms with Crippen molar-refractivity contribution in [1.82, 2.24) is 4.31 Å². The summed E-state index contributed by atoms with van der Waals surface area (Å²) in [6.45, 7) is 5.51. The van der Waals surface area contributed by atoms with Crippen LogP contribution < -0.4 is 10.2 Å². The molecule has 31 heavy (non-hydrogen) atoms. The Balaban J connectivity index is 1.66. The van der Waals surface area contributed by atoms with Crippen molar-refractivity contribution in [3.05, 3.63) is 41.9 Å². The zero-order valence-corrected chi connectivity index (χ0v) is 18.6. The Morgan fingerprint density at radius 2 is 1.77 bits per heavy atom. The number of rotatable bonds is 6. The fraction of sp³-hybridized carbons (Fsp3) is 0.500. The van der Waals surface area contributed by atoms with Crippen LogP contribution in [-0.4, -0.2) is 58.0 Å². The smallest absolute Gasteiger partial charge is 0.291 e. The first-order valence-electron chi connectivity index (χ1n) is 10.9. The van der Waals surface area contributed by atoms with Gasteiger partial charge in [0, 0.05) is 32.6 Å². The highest BCUT2D eigenvalue weighted by atomic mass is 32.2. The lowest BCUT2D eigenvalue weighted by Crippen LogP contribution is -2.37. The maximum atomic E-state index is 13.2. The van der Waals surface area contributed by atoms with Crippen LogP contribution in [0.5, 0.6) is 0 Å². The first-order valence-corrected chi connectivity index (χ1v) is 12.3. The lowest BCUT2D eigenvalue weighted by Gasteiger charge is -2.31. The third kappa shape index (κ3) is 4.78. The van der Waals surface area contributed by atoms with Crippen molar-refractivity contribution in [2.45, 2.75) is 37.5 Å². The van der Waals surface area contributed by atoms with Crippen LogP contribution in [0.15, 0.2) is 39.6 Å². The average molecular weight is 448 g/mol. The van der Waals surface area contributed by atoms with Crippen LogP contribution >= 0.6 is 0 Å². The number of sulfonamides is 1. The summed E-state index contributed by atoms with van der Waals surface area (Å²) in [4.78, 5) is 15.1. The monoisotopic (exact) mass is 447 g/mol. The Hall–Kier alpha value is -2.36. The van der Waals surface area contributed by atoms with Gasteiger partial charge in [0.25, 0.3) is 5.91 Å². The van der Waals surface area contributed by atoms with Gasteiger partial charge in [-0.2, -0.15) is 4.31 Å². The molecule has 4 rings (SSSR count). The predicted octanol–water partition coefficient (Wildman–Crippen LogP) is 3.11. The zero-order chi connectivity index (χ0) is 21.8. The molecule has 9 heteroatoms. The topological polar surface area (TPSA) is 92.1 Å². The van der Waals surface area contributed by atoms with Crippen LogP contribution in [0.3, 0.4) is 0 Å². The van der Waals surface area contributed by atoms with E-state index in [0.717, 1.165) is 30.7 Å². The number of anilines is 2. The maximum absolute atomic E-state index is 13.2. The number of nitrogens with zero attached hydrogens (tertiary/aromatic N) is 2. The number of furan rings is 1. The summed E-state index contributed by atoms with van der Waals surface area (Å²) in [7, 11) is -3.62. The Morgan fingerprint density at radius 1 is 1.03 bits per heavy atom. The van der Waals surface area contributed by atoms with Gasteiger partial charge in [-0.25, -0.2) is 8.42 Å². The summed E-state index contributed by atoms with van der Waals surface area (Å²) in [5.74, 6) is 0.524. The summed E-state index contributed by atoms with van der Waals surface area (Å²) < 4.78 is 38.9. The van der Waals surface area contributed by atoms with Gasteiger partial charge in [0.15, 0.2) is 5.76 Å². The van der Waals surface area contributed by atoms with E-state index in [1.165, 1.54) is 4.31 Å². The first kappa shape index (κ1) is 21.9. The van der Waals surface area contributed by atoms with Gasteiger partial charge in [-0.15, -0.1) is 0 Å². The predicted molar refractivity (Wildman–Crippen MR) is 118 cm³/mol. The molecule has 0 unspecified atom stereocenters. The first-order chi connectivity index (χ1) is 15.0. The summed E-state index contributed by atoms with van der Waals surface area (Å²) in [5.41, 5.74) is 1.23. The molecule has 2 aliphatic rings. The van der Waals surface area contributed by atoms with Gasteiger partial charge in [-0.1, -0.05) is 13.3 Å². The second-order valence-corrected chi connectivity index (χ2v) is 9.75. The molecule has 1 N–H and O–H groups in total. The highest BCUT2D eigenvalue weighted by molar-refractivity contribution is 7.89. The molecular formula is C22H29N3O5S. The Morgan fingerprint density at radius 3 is 2.45 bits per heavy atom. The molecule has 0 bridgehead atoms. The molecule has 0 saturated carbocycles. The fourth-order valence-electron chi connectivity index (χ4n) is 3.98. The van der Waals surface area contributed by atoms with Gasteiger partial charge in [0.1, 0.15) is 5.76 Å². The quantitative estimate of drug-likeness (QED) is 0.732. The van der Waals surface area contributed by atoms with E-state index in [1.54, 1.807) is 30.3 Å². The molecule has 1 amide bonds. The maximum Gasteiger partial charge on any atom is 0.291 e. The average Bonchev–Trinajstić information content (AvgIpc) is 3.30. The standard InChI is InChI=1S/C22H29N3O5S/c1-2-17-6-9-21(30-17)22(26)23-19-16-18(31(27,28)25-10-4-3-5-11-25)7-8-20(19)24-12-14-29-15-13-24/h6-9,16H,2-5,10-15H2,1H3,(H,23,26). The molecule has 0 spiro atoms. The highest BCUT2D eigenvalue weighted by Crippen LogP contribution is 2.32. The van der Waals surface area contributed by atoms with E-state index in [2.05, 4.69) is 10.2 Å². The van der Waals surface area contributed by atoms with Crippen molar-refractivity contribution in [2.24, 2.45) is 0 Å². The van der Waals surface area contributed by atoms with Crippen LogP contribution in [0, 0.1) is 0 Å². The summed E-state index contributed by atoms with van der Waals surface area (Å²) in [6.07, 6.45) is 3.47. The van der Waals surface area contributed by atoms with Crippen LogP contribution in [0.1, 0.15) is 42.5 Å². The van der Waals surface area contributed by atoms with Crippen LogP contribution in [-0.2, 0) is 21.2 Å². The molecule has 1 aromatic heterocycles. The molecule has 2 aromatic rings. The van der Waals surface area contributed by atoms with E-state index >= 15 is 0 Å². The van der Waals surface area contributed by atoms with Gasteiger partial charge in [0.2, 0.25) is 10.0 Å². The molecule has 2 aliphatic heterocycles. The van der Waals surface area contributed by atoms with E-state index < -0.39 is 15.9 Å². The molecule has 2 saturated heterocycles. The lowest BCUT2D eigenvalue weighted by molar-refractivity contribution is 0.0995. The normalized spacial score (nSPS) is 18.2. The highest BCUT2D eigenvalue weighted by Gasteiger charge is 2.28. The number of carbonyl (C=O) groups is 1. The summed E-state index contributed by atoms with van der Waals surface area (Å²) in [5, 5.41) is 2.88. The van der Waals surface area contributed by atoms with Crippen molar-refractivity contribution < 1.29 is 22.4 Å². The van der Waals surface area contributed by atoms with Crippen LogP contribution in [0.4, 0.5) is 11.4 Å².